The quantitative estimate of drug-likeness (QED) is 0.0723. The van der Waals surface area contributed by atoms with Crippen molar-refractivity contribution in [3.05, 3.63) is 59.0 Å². The molecule has 0 spiro atoms. The molecule has 0 bridgehead atoms. The van der Waals surface area contributed by atoms with E-state index in [2.05, 4.69) is 31.3 Å². The molecule has 1 aromatic heterocycles. The van der Waals surface area contributed by atoms with Gasteiger partial charge in [-0.05, 0) is 87.1 Å². The Hall–Kier alpha value is -3.10. The zero-order valence-corrected chi connectivity index (χ0v) is 22.1. The maximum atomic E-state index is 8.77. The summed E-state index contributed by atoms with van der Waals surface area (Å²) in [6.07, 6.45) is 7.42. The van der Waals surface area contributed by atoms with Gasteiger partial charge in [-0.2, -0.15) is 0 Å². The molecular weight excluding hydrogens is 472 g/mol. The van der Waals surface area contributed by atoms with E-state index < -0.39 is 0 Å². The Morgan fingerprint density at radius 2 is 1.53 bits per heavy atom. The van der Waals surface area contributed by atoms with Crippen molar-refractivity contribution in [2.45, 2.75) is 58.8 Å². The lowest BCUT2D eigenvalue weighted by atomic mass is 10.1. The van der Waals surface area contributed by atoms with E-state index in [-0.39, 0.29) is 5.84 Å². The summed E-state index contributed by atoms with van der Waals surface area (Å²) < 4.78 is 11.7. The molecule has 0 aliphatic heterocycles. The number of hydroxylamine groups is 1. The van der Waals surface area contributed by atoms with Gasteiger partial charge < -0.3 is 14.8 Å². The van der Waals surface area contributed by atoms with Gasteiger partial charge >= 0.3 is 0 Å². The van der Waals surface area contributed by atoms with Gasteiger partial charge in [0.15, 0.2) is 5.13 Å². The highest BCUT2D eigenvalue weighted by atomic mass is 32.1. The van der Waals surface area contributed by atoms with Crippen LogP contribution in [0, 0.1) is 5.41 Å². The second kappa shape index (κ2) is 15.1. The Labute approximate surface area is 218 Å². The first-order valence-electron chi connectivity index (χ1n) is 12.8. The number of thiazole rings is 1. The fourth-order valence-electron chi connectivity index (χ4n) is 3.64. The van der Waals surface area contributed by atoms with Gasteiger partial charge in [0.2, 0.25) is 0 Å². The molecule has 0 atom stereocenters. The van der Waals surface area contributed by atoms with Crippen molar-refractivity contribution >= 4 is 22.3 Å². The number of nitrogens with zero attached hydrogens (tertiary/aromatic N) is 1. The third kappa shape index (κ3) is 8.53. The summed E-state index contributed by atoms with van der Waals surface area (Å²) in [5, 5.41) is 20.7. The molecule has 7 nitrogen and oxygen atoms in total. The van der Waals surface area contributed by atoms with Crippen molar-refractivity contribution in [2.75, 3.05) is 25.1 Å². The molecule has 0 amide bonds. The highest BCUT2D eigenvalue weighted by Crippen LogP contribution is 2.33. The first kappa shape index (κ1) is 27.5. The van der Waals surface area contributed by atoms with Gasteiger partial charge in [-0.1, -0.05) is 20.3 Å². The van der Waals surface area contributed by atoms with Gasteiger partial charge in [0.25, 0.3) is 0 Å². The maximum absolute atomic E-state index is 8.77. The van der Waals surface area contributed by atoms with Gasteiger partial charge in [0.1, 0.15) is 17.3 Å². The van der Waals surface area contributed by atoms with Crippen LogP contribution in [0.4, 0.5) is 5.13 Å². The molecular formula is C28H38N4O3S. The van der Waals surface area contributed by atoms with Crippen LogP contribution >= 0.6 is 11.3 Å². The number of amidine groups is 1. The number of rotatable bonds is 16. The van der Waals surface area contributed by atoms with Crippen LogP contribution in [0.25, 0.3) is 11.3 Å². The number of benzene rings is 2. The first-order chi connectivity index (χ1) is 17.6. The molecule has 0 unspecified atom stereocenters. The molecule has 8 heteroatoms. The highest BCUT2D eigenvalue weighted by molar-refractivity contribution is 7.16. The predicted octanol–water partition coefficient (Wildman–Crippen LogP) is 6.91. The fraction of sp³-hybridized carbons (Fsp3) is 0.429. The third-order valence-corrected chi connectivity index (χ3v) is 6.76. The van der Waals surface area contributed by atoms with E-state index in [1.54, 1.807) is 35.6 Å². The largest absolute Gasteiger partial charge is 0.494 e. The molecule has 3 aromatic rings. The predicted molar refractivity (Wildman–Crippen MR) is 148 cm³/mol. The van der Waals surface area contributed by atoms with E-state index in [1.165, 1.54) is 17.7 Å². The van der Waals surface area contributed by atoms with E-state index in [4.69, 9.17) is 25.1 Å². The van der Waals surface area contributed by atoms with E-state index in [1.807, 2.05) is 17.6 Å². The molecule has 0 radical (unpaired) electrons. The van der Waals surface area contributed by atoms with E-state index >= 15 is 0 Å². The number of unbranched alkanes of at least 4 members (excludes halogenated alkanes) is 3. The van der Waals surface area contributed by atoms with Gasteiger partial charge in [0, 0.05) is 22.5 Å². The topological polar surface area (TPSA) is 99.5 Å². The molecule has 0 saturated heterocycles. The van der Waals surface area contributed by atoms with Gasteiger partial charge in [0.05, 0.1) is 18.9 Å². The van der Waals surface area contributed by atoms with Crippen LogP contribution in [0.5, 0.6) is 11.5 Å². The Kier molecular flexibility index (Phi) is 11.5. The minimum absolute atomic E-state index is 0.0371. The SMILES string of the molecule is CCCCc1sc(NCCC)nc1-c1ccc(OCCCCCOc2ccc(C(=N)NO)cc2)cc1. The molecule has 0 aliphatic carbocycles. The lowest BCUT2D eigenvalue weighted by molar-refractivity contribution is 0.234. The van der Waals surface area contributed by atoms with Gasteiger partial charge in [-0.15, -0.1) is 11.3 Å². The van der Waals surface area contributed by atoms with Crippen molar-refractivity contribution in [2.24, 2.45) is 0 Å². The smallest absolute Gasteiger partial charge is 0.183 e. The number of hydrogen-bond donors (Lipinski definition) is 4. The molecule has 4 N–H and O–H groups in total. The van der Waals surface area contributed by atoms with Crippen molar-refractivity contribution in [3.63, 3.8) is 0 Å². The third-order valence-electron chi connectivity index (χ3n) is 5.69. The number of nitrogens with one attached hydrogen (secondary N) is 3. The summed E-state index contributed by atoms with van der Waals surface area (Å²) in [5.41, 5.74) is 4.68. The molecule has 0 fully saturated rings. The molecule has 36 heavy (non-hydrogen) atoms. The van der Waals surface area contributed by atoms with Crippen molar-refractivity contribution < 1.29 is 14.7 Å². The summed E-state index contributed by atoms with van der Waals surface area (Å²) in [4.78, 5) is 6.23. The fourth-order valence-corrected chi connectivity index (χ4v) is 4.70. The van der Waals surface area contributed by atoms with Crippen molar-refractivity contribution in [3.8, 4) is 22.8 Å². The van der Waals surface area contributed by atoms with Crippen LogP contribution in [0.1, 0.15) is 62.8 Å². The lowest BCUT2D eigenvalue weighted by Gasteiger charge is -2.09. The van der Waals surface area contributed by atoms with Gasteiger partial charge in [-0.25, -0.2) is 4.98 Å². The second-order valence-electron chi connectivity index (χ2n) is 8.61. The Balaban J connectivity index is 1.39. The number of aryl methyl sites for hydroxylation is 1. The molecule has 0 saturated carbocycles. The second-order valence-corrected chi connectivity index (χ2v) is 9.70. The minimum Gasteiger partial charge on any atom is -0.494 e. The van der Waals surface area contributed by atoms with E-state index in [9.17, 15) is 0 Å². The van der Waals surface area contributed by atoms with Crippen molar-refractivity contribution in [1.29, 1.82) is 5.41 Å². The van der Waals surface area contributed by atoms with Crippen LogP contribution < -0.4 is 20.3 Å². The zero-order chi connectivity index (χ0) is 25.6. The average Bonchev–Trinajstić information content (AvgIpc) is 3.33. The Bertz CT molecular complexity index is 1050. The standard InChI is InChI=1S/C28H38N4O3S/c1-3-5-9-25-26(31-28(36-25)30-18-4-2)21-10-14-23(15-11-21)34-19-7-6-8-20-35-24-16-12-22(13-17-24)27(29)32-33/h10-17,33H,3-9,18-20H2,1-2H3,(H2,29,32)(H,30,31). The summed E-state index contributed by atoms with van der Waals surface area (Å²) in [5.74, 6) is 1.60. The first-order valence-corrected chi connectivity index (χ1v) is 13.6. The van der Waals surface area contributed by atoms with Crippen LogP contribution in [0.2, 0.25) is 0 Å². The molecule has 1 heterocycles. The summed E-state index contributed by atoms with van der Waals surface area (Å²) in [6, 6.07) is 15.4. The number of aromatic nitrogens is 1. The number of hydrogen-bond acceptors (Lipinski definition) is 7. The number of ether oxygens (including phenoxy) is 2. The van der Waals surface area contributed by atoms with Crippen LogP contribution in [-0.2, 0) is 6.42 Å². The molecule has 3 rings (SSSR count). The molecule has 2 aromatic carbocycles. The summed E-state index contributed by atoms with van der Waals surface area (Å²) in [6.45, 7) is 6.64. The van der Waals surface area contributed by atoms with Crippen LogP contribution in [0.3, 0.4) is 0 Å². The average molecular weight is 511 g/mol. The Morgan fingerprint density at radius 1 is 0.889 bits per heavy atom. The molecule has 194 valence electrons. The monoisotopic (exact) mass is 510 g/mol. The minimum atomic E-state index is -0.0371. The highest BCUT2D eigenvalue weighted by Gasteiger charge is 2.13. The van der Waals surface area contributed by atoms with E-state index in [0.29, 0.717) is 18.8 Å². The van der Waals surface area contributed by atoms with Crippen LogP contribution in [-0.4, -0.2) is 35.8 Å². The van der Waals surface area contributed by atoms with E-state index in [0.717, 1.165) is 66.5 Å². The lowest BCUT2D eigenvalue weighted by Crippen LogP contribution is -2.18. The summed E-state index contributed by atoms with van der Waals surface area (Å²) in [7, 11) is 0. The normalized spacial score (nSPS) is 10.8. The number of anilines is 1. The Morgan fingerprint density at radius 3 is 2.11 bits per heavy atom. The summed E-state index contributed by atoms with van der Waals surface area (Å²) >= 11 is 1.78. The van der Waals surface area contributed by atoms with Crippen molar-refractivity contribution in [1.82, 2.24) is 10.5 Å². The van der Waals surface area contributed by atoms with Gasteiger partial charge in [-0.3, -0.25) is 16.1 Å². The molecule has 0 aliphatic rings. The maximum Gasteiger partial charge on any atom is 0.183 e. The van der Waals surface area contributed by atoms with Crippen LogP contribution in [0.15, 0.2) is 48.5 Å². The zero-order valence-electron chi connectivity index (χ0n) is 21.3.